The molecule has 0 bridgehead atoms. The quantitative estimate of drug-likeness (QED) is 0.768. The van der Waals surface area contributed by atoms with E-state index in [1.807, 2.05) is 19.1 Å². The third-order valence-corrected chi connectivity index (χ3v) is 2.30. The van der Waals surface area contributed by atoms with Crippen molar-refractivity contribution < 1.29 is 9.84 Å². The lowest BCUT2D eigenvalue weighted by molar-refractivity contribution is 0.406. The van der Waals surface area contributed by atoms with Crippen LogP contribution in [0.4, 0.5) is 0 Å². The summed E-state index contributed by atoms with van der Waals surface area (Å²) in [6, 6.07) is 5.40. The second-order valence-electron chi connectivity index (χ2n) is 3.37. The van der Waals surface area contributed by atoms with Crippen LogP contribution in [0.1, 0.15) is 18.9 Å². The van der Waals surface area contributed by atoms with Gasteiger partial charge in [-0.05, 0) is 24.5 Å². The first-order chi connectivity index (χ1) is 6.67. The molecule has 0 spiro atoms. The van der Waals surface area contributed by atoms with Crippen molar-refractivity contribution in [2.45, 2.75) is 25.8 Å². The standard InChI is InChI=1S/C11H17NO2/c1-3-9(12)6-8-4-5-10(14-2)7-11(8)13/h4-5,7,9,13H,3,6,12H2,1-2H3. The predicted octanol–water partition coefficient (Wildman–Crippen LogP) is 1.68. The molecule has 0 saturated heterocycles. The monoisotopic (exact) mass is 195 g/mol. The third-order valence-electron chi connectivity index (χ3n) is 2.30. The average molecular weight is 195 g/mol. The molecule has 14 heavy (non-hydrogen) atoms. The van der Waals surface area contributed by atoms with E-state index in [2.05, 4.69) is 0 Å². The van der Waals surface area contributed by atoms with Crippen molar-refractivity contribution in [3.8, 4) is 11.5 Å². The highest BCUT2D eigenvalue weighted by molar-refractivity contribution is 5.40. The number of hydrogen-bond donors (Lipinski definition) is 2. The second kappa shape index (κ2) is 4.86. The fraction of sp³-hybridized carbons (Fsp3) is 0.455. The predicted molar refractivity (Wildman–Crippen MR) is 56.6 cm³/mol. The third kappa shape index (κ3) is 2.64. The number of methoxy groups -OCH3 is 1. The molecule has 3 heteroatoms. The summed E-state index contributed by atoms with van der Waals surface area (Å²) in [4.78, 5) is 0. The highest BCUT2D eigenvalue weighted by Crippen LogP contribution is 2.24. The maximum atomic E-state index is 9.63. The maximum absolute atomic E-state index is 9.63. The molecule has 0 heterocycles. The Morgan fingerprint density at radius 3 is 2.71 bits per heavy atom. The Morgan fingerprint density at radius 1 is 1.50 bits per heavy atom. The number of benzene rings is 1. The van der Waals surface area contributed by atoms with E-state index < -0.39 is 0 Å². The summed E-state index contributed by atoms with van der Waals surface area (Å²) in [5.74, 6) is 0.921. The minimum atomic E-state index is 0.106. The molecule has 0 aliphatic heterocycles. The number of ether oxygens (including phenoxy) is 1. The lowest BCUT2D eigenvalue weighted by Crippen LogP contribution is -2.21. The summed E-state index contributed by atoms with van der Waals surface area (Å²) in [5, 5.41) is 9.63. The zero-order valence-corrected chi connectivity index (χ0v) is 8.66. The van der Waals surface area contributed by atoms with Crippen LogP contribution in [0.3, 0.4) is 0 Å². The Bertz CT molecular complexity index is 299. The van der Waals surface area contributed by atoms with E-state index in [0.29, 0.717) is 12.2 Å². The molecule has 3 nitrogen and oxygen atoms in total. The SMILES string of the molecule is CCC(N)Cc1ccc(OC)cc1O. The van der Waals surface area contributed by atoms with Crippen molar-refractivity contribution in [3.05, 3.63) is 23.8 Å². The van der Waals surface area contributed by atoms with Crippen molar-refractivity contribution in [2.75, 3.05) is 7.11 Å². The van der Waals surface area contributed by atoms with E-state index in [9.17, 15) is 5.11 Å². The number of hydrogen-bond acceptors (Lipinski definition) is 3. The van der Waals surface area contributed by atoms with Gasteiger partial charge in [0.1, 0.15) is 11.5 Å². The van der Waals surface area contributed by atoms with Crippen molar-refractivity contribution in [3.63, 3.8) is 0 Å². The minimum Gasteiger partial charge on any atom is -0.508 e. The molecule has 1 aromatic carbocycles. The molecule has 0 radical (unpaired) electrons. The topological polar surface area (TPSA) is 55.5 Å². The number of phenolic OH excluding ortho intramolecular Hbond substituents is 1. The van der Waals surface area contributed by atoms with E-state index in [1.165, 1.54) is 0 Å². The fourth-order valence-corrected chi connectivity index (χ4v) is 1.27. The molecule has 0 aromatic heterocycles. The van der Waals surface area contributed by atoms with E-state index >= 15 is 0 Å². The van der Waals surface area contributed by atoms with Crippen molar-refractivity contribution in [2.24, 2.45) is 5.73 Å². The summed E-state index contributed by atoms with van der Waals surface area (Å²) < 4.78 is 4.99. The molecule has 78 valence electrons. The number of aromatic hydroxyl groups is 1. The van der Waals surface area contributed by atoms with E-state index in [1.54, 1.807) is 13.2 Å². The van der Waals surface area contributed by atoms with E-state index in [-0.39, 0.29) is 11.8 Å². The molecule has 0 fully saturated rings. The average Bonchev–Trinajstić information content (AvgIpc) is 2.20. The molecule has 0 aliphatic rings. The van der Waals surface area contributed by atoms with Gasteiger partial charge in [0.25, 0.3) is 0 Å². The smallest absolute Gasteiger partial charge is 0.122 e. The van der Waals surface area contributed by atoms with Gasteiger partial charge >= 0.3 is 0 Å². The Kier molecular flexibility index (Phi) is 3.77. The van der Waals surface area contributed by atoms with Crippen LogP contribution in [-0.2, 0) is 6.42 Å². The number of rotatable bonds is 4. The Hall–Kier alpha value is -1.22. The van der Waals surface area contributed by atoms with Gasteiger partial charge in [0, 0.05) is 12.1 Å². The summed E-state index contributed by atoms with van der Waals surface area (Å²) in [7, 11) is 1.58. The first-order valence-corrected chi connectivity index (χ1v) is 4.78. The molecular formula is C11H17NO2. The molecule has 0 aliphatic carbocycles. The van der Waals surface area contributed by atoms with Gasteiger partial charge in [-0.15, -0.1) is 0 Å². The van der Waals surface area contributed by atoms with Crippen LogP contribution in [0.25, 0.3) is 0 Å². The van der Waals surface area contributed by atoms with Crippen LogP contribution >= 0.6 is 0 Å². The number of phenols is 1. The van der Waals surface area contributed by atoms with Crippen LogP contribution in [0, 0.1) is 0 Å². The molecule has 3 N–H and O–H groups in total. The van der Waals surface area contributed by atoms with Crippen LogP contribution < -0.4 is 10.5 Å². The van der Waals surface area contributed by atoms with Gasteiger partial charge in [-0.3, -0.25) is 0 Å². The molecule has 1 atom stereocenters. The van der Waals surface area contributed by atoms with Crippen LogP contribution in [-0.4, -0.2) is 18.3 Å². The Labute approximate surface area is 84.5 Å². The summed E-state index contributed by atoms with van der Waals surface area (Å²) >= 11 is 0. The normalized spacial score (nSPS) is 12.5. The summed E-state index contributed by atoms with van der Waals surface area (Å²) in [5.41, 5.74) is 6.68. The highest BCUT2D eigenvalue weighted by Gasteiger charge is 2.06. The maximum Gasteiger partial charge on any atom is 0.122 e. The summed E-state index contributed by atoms with van der Waals surface area (Å²) in [6.07, 6.45) is 1.61. The van der Waals surface area contributed by atoms with Gasteiger partial charge in [-0.25, -0.2) is 0 Å². The molecule has 0 saturated carbocycles. The van der Waals surface area contributed by atoms with Crippen LogP contribution in [0.5, 0.6) is 11.5 Å². The lowest BCUT2D eigenvalue weighted by Gasteiger charge is -2.10. The Balaban J connectivity index is 2.78. The lowest BCUT2D eigenvalue weighted by atomic mass is 10.0. The fourth-order valence-electron chi connectivity index (χ4n) is 1.27. The first-order valence-electron chi connectivity index (χ1n) is 4.78. The van der Waals surface area contributed by atoms with Crippen LogP contribution in [0.15, 0.2) is 18.2 Å². The first kappa shape index (κ1) is 10.9. The molecular weight excluding hydrogens is 178 g/mol. The zero-order chi connectivity index (χ0) is 10.6. The minimum absolute atomic E-state index is 0.106. The van der Waals surface area contributed by atoms with Gasteiger partial charge in [-0.2, -0.15) is 0 Å². The molecule has 1 rings (SSSR count). The van der Waals surface area contributed by atoms with Gasteiger partial charge in [-0.1, -0.05) is 13.0 Å². The van der Waals surface area contributed by atoms with Gasteiger partial charge < -0.3 is 15.6 Å². The van der Waals surface area contributed by atoms with Crippen molar-refractivity contribution in [1.82, 2.24) is 0 Å². The highest BCUT2D eigenvalue weighted by atomic mass is 16.5. The van der Waals surface area contributed by atoms with Crippen molar-refractivity contribution in [1.29, 1.82) is 0 Å². The summed E-state index contributed by atoms with van der Waals surface area (Å²) in [6.45, 7) is 2.03. The Morgan fingerprint density at radius 2 is 2.21 bits per heavy atom. The second-order valence-corrected chi connectivity index (χ2v) is 3.37. The van der Waals surface area contributed by atoms with Crippen molar-refractivity contribution >= 4 is 0 Å². The number of nitrogens with two attached hydrogens (primary N) is 1. The molecule has 1 unspecified atom stereocenters. The molecule has 0 amide bonds. The van der Waals surface area contributed by atoms with E-state index in [4.69, 9.17) is 10.5 Å². The zero-order valence-electron chi connectivity index (χ0n) is 8.66. The van der Waals surface area contributed by atoms with Gasteiger partial charge in [0.2, 0.25) is 0 Å². The van der Waals surface area contributed by atoms with Gasteiger partial charge in [0.15, 0.2) is 0 Å². The largest absolute Gasteiger partial charge is 0.508 e. The van der Waals surface area contributed by atoms with E-state index in [0.717, 1.165) is 12.0 Å². The van der Waals surface area contributed by atoms with Gasteiger partial charge in [0.05, 0.1) is 7.11 Å². The van der Waals surface area contributed by atoms with Crippen LogP contribution in [0.2, 0.25) is 0 Å². The molecule has 1 aromatic rings.